The van der Waals surface area contributed by atoms with Crippen LogP contribution in [0.4, 0.5) is 0 Å². The number of rotatable bonds is 1. The normalized spacial score (nSPS) is 15.7. The van der Waals surface area contributed by atoms with Crippen LogP contribution in [0.5, 0.6) is 0 Å². The van der Waals surface area contributed by atoms with Gasteiger partial charge in [0.15, 0.2) is 11.9 Å². The SMILES string of the molecule is C=CC1CCCCC1.N=C(N)NC(=N)N. The molecule has 0 amide bonds. The van der Waals surface area contributed by atoms with E-state index >= 15 is 0 Å². The van der Waals surface area contributed by atoms with Crippen LogP contribution in [-0.4, -0.2) is 11.9 Å². The highest BCUT2D eigenvalue weighted by atomic mass is 15.1. The Kier molecular flexibility index (Phi) is 7.05. The van der Waals surface area contributed by atoms with Crippen molar-refractivity contribution in [1.29, 1.82) is 10.8 Å². The van der Waals surface area contributed by atoms with Crippen LogP contribution in [0.1, 0.15) is 32.1 Å². The van der Waals surface area contributed by atoms with Gasteiger partial charge in [-0.15, -0.1) is 6.58 Å². The molecule has 5 nitrogen and oxygen atoms in total. The van der Waals surface area contributed by atoms with E-state index in [0.717, 1.165) is 5.92 Å². The number of hydrogen-bond acceptors (Lipinski definition) is 2. The summed E-state index contributed by atoms with van der Waals surface area (Å²) in [6, 6.07) is 0. The Hall–Kier alpha value is -1.52. The van der Waals surface area contributed by atoms with Gasteiger partial charge in [-0.05, 0) is 18.8 Å². The quantitative estimate of drug-likeness (QED) is 0.254. The molecule has 0 radical (unpaired) electrons. The van der Waals surface area contributed by atoms with Gasteiger partial charge in [-0.1, -0.05) is 25.3 Å². The molecule has 0 aromatic carbocycles. The van der Waals surface area contributed by atoms with E-state index in [4.69, 9.17) is 22.3 Å². The first-order valence-corrected chi connectivity index (χ1v) is 5.14. The van der Waals surface area contributed by atoms with Crippen LogP contribution >= 0.6 is 0 Å². The van der Waals surface area contributed by atoms with E-state index in [2.05, 4.69) is 12.7 Å². The molecular weight excluding hydrogens is 190 g/mol. The van der Waals surface area contributed by atoms with Gasteiger partial charge in [0.2, 0.25) is 0 Å². The molecule has 0 aliphatic heterocycles. The molecule has 0 unspecified atom stereocenters. The van der Waals surface area contributed by atoms with E-state index in [1.165, 1.54) is 32.1 Å². The molecule has 1 rings (SSSR count). The van der Waals surface area contributed by atoms with Crippen molar-refractivity contribution in [3.63, 3.8) is 0 Å². The van der Waals surface area contributed by atoms with Crippen molar-refractivity contribution in [2.24, 2.45) is 17.4 Å². The van der Waals surface area contributed by atoms with Crippen molar-refractivity contribution >= 4 is 11.9 Å². The first-order chi connectivity index (χ1) is 7.06. The maximum absolute atomic E-state index is 6.47. The molecule has 0 saturated heterocycles. The molecule has 86 valence electrons. The summed E-state index contributed by atoms with van der Waals surface area (Å²) in [6.07, 6.45) is 9.20. The van der Waals surface area contributed by atoms with Gasteiger partial charge in [-0.25, -0.2) is 0 Å². The van der Waals surface area contributed by atoms with E-state index in [1.807, 2.05) is 5.32 Å². The summed E-state index contributed by atoms with van der Waals surface area (Å²) in [6.45, 7) is 3.78. The predicted octanol–water partition coefficient (Wildman–Crippen LogP) is 1.12. The molecule has 0 heterocycles. The molecular formula is C10H21N5. The summed E-state index contributed by atoms with van der Waals surface area (Å²) in [4.78, 5) is 0. The van der Waals surface area contributed by atoms with Gasteiger partial charge in [-0.3, -0.25) is 16.1 Å². The number of nitrogens with one attached hydrogen (secondary N) is 3. The maximum atomic E-state index is 6.47. The molecule has 0 atom stereocenters. The lowest BCUT2D eigenvalue weighted by Crippen LogP contribution is -2.39. The van der Waals surface area contributed by atoms with Gasteiger partial charge in [0, 0.05) is 0 Å². The molecule has 15 heavy (non-hydrogen) atoms. The van der Waals surface area contributed by atoms with Crippen molar-refractivity contribution in [2.45, 2.75) is 32.1 Å². The van der Waals surface area contributed by atoms with Crippen LogP contribution in [0.3, 0.4) is 0 Å². The van der Waals surface area contributed by atoms with Crippen LogP contribution in [-0.2, 0) is 0 Å². The highest BCUT2D eigenvalue weighted by molar-refractivity contribution is 5.93. The lowest BCUT2D eigenvalue weighted by molar-refractivity contribution is 0.420. The Bertz CT molecular complexity index is 206. The molecule has 1 aliphatic carbocycles. The summed E-state index contributed by atoms with van der Waals surface area (Å²) >= 11 is 0. The predicted molar refractivity (Wildman–Crippen MR) is 63.7 cm³/mol. The number of nitrogens with two attached hydrogens (primary N) is 2. The minimum absolute atomic E-state index is 0.312. The van der Waals surface area contributed by atoms with Gasteiger partial charge in [0.25, 0.3) is 0 Å². The first kappa shape index (κ1) is 13.5. The number of guanidine groups is 2. The second-order valence-electron chi connectivity index (χ2n) is 3.59. The van der Waals surface area contributed by atoms with E-state index in [0.29, 0.717) is 0 Å². The minimum atomic E-state index is -0.312. The average Bonchev–Trinajstić information content (AvgIpc) is 2.18. The zero-order valence-corrected chi connectivity index (χ0v) is 9.05. The third-order valence-electron chi connectivity index (χ3n) is 2.25. The molecule has 5 heteroatoms. The fourth-order valence-corrected chi connectivity index (χ4v) is 1.51. The molecule has 0 aromatic heterocycles. The molecule has 0 aromatic rings. The lowest BCUT2D eigenvalue weighted by atomic mass is 9.90. The molecule has 1 saturated carbocycles. The van der Waals surface area contributed by atoms with Crippen molar-refractivity contribution in [3.05, 3.63) is 12.7 Å². The van der Waals surface area contributed by atoms with Gasteiger partial charge in [0.05, 0.1) is 0 Å². The van der Waals surface area contributed by atoms with Crippen LogP contribution < -0.4 is 16.8 Å². The fraction of sp³-hybridized carbons (Fsp3) is 0.600. The highest BCUT2D eigenvalue weighted by Gasteiger charge is 2.07. The molecule has 0 spiro atoms. The molecule has 1 fully saturated rings. The molecule has 7 N–H and O–H groups in total. The second kappa shape index (κ2) is 7.84. The topological polar surface area (TPSA) is 112 Å². The standard InChI is InChI=1S/C8H14.C2H7N5/c1-2-8-6-4-3-5-7-8;3-1(4)7-2(5)6/h2,8H,1,3-7H2;(H7,3,4,5,6,7). The summed E-state index contributed by atoms with van der Waals surface area (Å²) in [7, 11) is 0. The van der Waals surface area contributed by atoms with Crippen molar-refractivity contribution in [3.8, 4) is 0 Å². The Labute approximate surface area is 90.9 Å². The smallest absolute Gasteiger partial charge is 0.192 e. The van der Waals surface area contributed by atoms with Crippen molar-refractivity contribution in [2.75, 3.05) is 0 Å². The molecule has 0 bridgehead atoms. The fourth-order valence-electron chi connectivity index (χ4n) is 1.51. The van der Waals surface area contributed by atoms with Crippen LogP contribution in [0.15, 0.2) is 12.7 Å². The maximum Gasteiger partial charge on any atom is 0.192 e. The summed E-state index contributed by atoms with van der Waals surface area (Å²) in [5, 5.41) is 15.0. The van der Waals surface area contributed by atoms with Gasteiger partial charge >= 0.3 is 0 Å². The van der Waals surface area contributed by atoms with Gasteiger partial charge in [-0.2, -0.15) is 0 Å². The molecule has 1 aliphatic rings. The zero-order chi connectivity index (χ0) is 11.7. The number of allylic oxidation sites excluding steroid dienone is 1. The number of hydrogen-bond donors (Lipinski definition) is 5. The monoisotopic (exact) mass is 211 g/mol. The van der Waals surface area contributed by atoms with Crippen LogP contribution in [0.2, 0.25) is 0 Å². The third kappa shape index (κ3) is 8.80. The van der Waals surface area contributed by atoms with Gasteiger partial charge in [0.1, 0.15) is 0 Å². The van der Waals surface area contributed by atoms with E-state index in [9.17, 15) is 0 Å². The van der Waals surface area contributed by atoms with E-state index in [-0.39, 0.29) is 11.9 Å². The highest BCUT2D eigenvalue weighted by Crippen LogP contribution is 2.23. The van der Waals surface area contributed by atoms with E-state index in [1.54, 1.807) is 0 Å². The summed E-state index contributed by atoms with van der Waals surface area (Å²) in [5.41, 5.74) is 9.49. The minimum Gasteiger partial charge on any atom is -0.370 e. The van der Waals surface area contributed by atoms with E-state index < -0.39 is 0 Å². The lowest BCUT2D eigenvalue weighted by Gasteiger charge is -2.16. The van der Waals surface area contributed by atoms with Crippen LogP contribution in [0.25, 0.3) is 0 Å². The third-order valence-corrected chi connectivity index (χ3v) is 2.25. The Morgan fingerprint density at radius 2 is 1.60 bits per heavy atom. The largest absolute Gasteiger partial charge is 0.370 e. The average molecular weight is 211 g/mol. The van der Waals surface area contributed by atoms with Crippen molar-refractivity contribution in [1.82, 2.24) is 5.32 Å². The van der Waals surface area contributed by atoms with Crippen LogP contribution in [0, 0.1) is 16.7 Å². The second-order valence-corrected chi connectivity index (χ2v) is 3.59. The Morgan fingerprint density at radius 1 is 1.13 bits per heavy atom. The summed E-state index contributed by atoms with van der Waals surface area (Å²) < 4.78 is 0. The Morgan fingerprint density at radius 3 is 1.80 bits per heavy atom. The van der Waals surface area contributed by atoms with Gasteiger partial charge < -0.3 is 11.5 Å². The van der Waals surface area contributed by atoms with Crippen molar-refractivity contribution < 1.29 is 0 Å². The first-order valence-electron chi connectivity index (χ1n) is 5.14. The Balaban J connectivity index is 0.000000265. The zero-order valence-electron chi connectivity index (χ0n) is 9.05. The summed E-state index contributed by atoms with van der Waals surface area (Å²) in [5.74, 6) is 0.226.